The number of amides is 1. The molecule has 1 aliphatic rings. The SMILES string of the molecule is Cc1cc(Nc2nccn3c(-c4ccc(OC(F)F)cc4)cnc23)ccc1C(=O)N1CCC(n2cncn2)CC1. The molecule has 4 heterocycles. The molecule has 1 N–H and O–H groups in total. The molecule has 40 heavy (non-hydrogen) atoms. The number of imidazole rings is 1. The number of carbonyl (C=O) groups excluding carboxylic acids is 1. The van der Waals surface area contributed by atoms with Crippen LogP contribution < -0.4 is 10.1 Å². The first kappa shape index (κ1) is 25.4. The number of piperidine rings is 1. The number of hydrogen-bond donors (Lipinski definition) is 1. The summed E-state index contributed by atoms with van der Waals surface area (Å²) in [5, 5.41) is 7.54. The summed E-state index contributed by atoms with van der Waals surface area (Å²) in [5.74, 6) is 0.648. The molecular formula is C28H26F2N8O2. The average Bonchev–Trinajstić information content (AvgIpc) is 3.65. The molecule has 5 aromatic rings. The van der Waals surface area contributed by atoms with Crippen LogP contribution in [0.2, 0.25) is 0 Å². The fourth-order valence-corrected chi connectivity index (χ4v) is 5.06. The molecule has 3 aromatic heterocycles. The van der Waals surface area contributed by atoms with E-state index < -0.39 is 6.61 Å². The molecule has 1 fully saturated rings. The lowest BCUT2D eigenvalue weighted by Gasteiger charge is -2.32. The van der Waals surface area contributed by atoms with Gasteiger partial charge in [0.2, 0.25) is 0 Å². The number of nitrogens with one attached hydrogen (secondary N) is 1. The minimum absolute atomic E-state index is 0.0178. The van der Waals surface area contributed by atoms with Gasteiger partial charge in [-0.2, -0.15) is 13.9 Å². The number of ether oxygens (including phenoxy) is 1. The number of likely N-dealkylation sites (tertiary alicyclic amines) is 1. The van der Waals surface area contributed by atoms with Crippen LogP contribution in [0.4, 0.5) is 20.3 Å². The summed E-state index contributed by atoms with van der Waals surface area (Å²) < 4.78 is 33.1. The third kappa shape index (κ3) is 5.07. The number of aromatic nitrogens is 6. The van der Waals surface area contributed by atoms with E-state index in [1.165, 1.54) is 18.5 Å². The fourth-order valence-electron chi connectivity index (χ4n) is 5.06. The van der Waals surface area contributed by atoms with Gasteiger partial charge in [0.05, 0.1) is 17.9 Å². The highest BCUT2D eigenvalue weighted by Crippen LogP contribution is 2.28. The number of alkyl halides is 2. The van der Waals surface area contributed by atoms with Crippen LogP contribution in [0.3, 0.4) is 0 Å². The molecule has 0 atom stereocenters. The first-order valence-electron chi connectivity index (χ1n) is 12.8. The minimum Gasteiger partial charge on any atom is -0.435 e. The van der Waals surface area contributed by atoms with Gasteiger partial charge in [0, 0.05) is 42.3 Å². The lowest BCUT2D eigenvalue weighted by molar-refractivity contribution is -0.0498. The highest BCUT2D eigenvalue weighted by atomic mass is 19.3. The molecule has 0 spiro atoms. The van der Waals surface area contributed by atoms with Gasteiger partial charge in [0.25, 0.3) is 5.91 Å². The lowest BCUT2D eigenvalue weighted by Crippen LogP contribution is -2.39. The van der Waals surface area contributed by atoms with E-state index in [9.17, 15) is 13.6 Å². The Morgan fingerprint density at radius 3 is 2.60 bits per heavy atom. The Hall–Kier alpha value is -4.87. The number of benzene rings is 2. The number of hydrogen-bond acceptors (Lipinski definition) is 7. The number of fused-ring (bicyclic) bond motifs is 1. The summed E-state index contributed by atoms with van der Waals surface area (Å²) in [4.78, 5) is 28.2. The van der Waals surface area contributed by atoms with Crippen LogP contribution in [0.1, 0.15) is 34.8 Å². The highest BCUT2D eigenvalue weighted by Gasteiger charge is 2.26. The van der Waals surface area contributed by atoms with Crippen molar-refractivity contribution in [3.63, 3.8) is 0 Å². The van der Waals surface area contributed by atoms with E-state index in [1.807, 2.05) is 39.1 Å². The Balaban J connectivity index is 1.16. The van der Waals surface area contributed by atoms with E-state index in [0.717, 1.165) is 35.3 Å². The monoisotopic (exact) mass is 544 g/mol. The summed E-state index contributed by atoms with van der Waals surface area (Å²) in [6.07, 6.45) is 10.1. The molecule has 1 saturated heterocycles. The van der Waals surface area contributed by atoms with Gasteiger partial charge in [-0.15, -0.1) is 0 Å². The summed E-state index contributed by atoms with van der Waals surface area (Å²) in [6, 6.07) is 12.3. The van der Waals surface area contributed by atoms with Crippen LogP contribution in [0.25, 0.3) is 16.9 Å². The minimum atomic E-state index is -2.87. The van der Waals surface area contributed by atoms with Gasteiger partial charge in [-0.05, 0) is 67.8 Å². The fraction of sp³-hybridized carbons (Fsp3) is 0.250. The number of halogens is 2. The molecule has 1 aliphatic heterocycles. The zero-order chi connectivity index (χ0) is 27.6. The molecule has 6 rings (SSSR count). The van der Waals surface area contributed by atoms with E-state index in [2.05, 4.69) is 30.1 Å². The van der Waals surface area contributed by atoms with Crippen molar-refractivity contribution in [2.45, 2.75) is 32.4 Å². The molecule has 0 bridgehead atoms. The van der Waals surface area contributed by atoms with Crippen molar-refractivity contribution in [1.29, 1.82) is 0 Å². The van der Waals surface area contributed by atoms with E-state index in [1.54, 1.807) is 37.1 Å². The van der Waals surface area contributed by atoms with Gasteiger partial charge in [0.1, 0.15) is 18.4 Å². The molecule has 0 unspecified atom stereocenters. The van der Waals surface area contributed by atoms with E-state index in [4.69, 9.17) is 0 Å². The topological polar surface area (TPSA) is 102 Å². The second kappa shape index (κ2) is 10.7. The Morgan fingerprint density at radius 1 is 1.10 bits per heavy atom. The quantitative estimate of drug-likeness (QED) is 0.303. The smallest absolute Gasteiger partial charge is 0.387 e. The first-order valence-corrected chi connectivity index (χ1v) is 12.8. The maximum absolute atomic E-state index is 13.3. The number of aryl methyl sites for hydroxylation is 1. The summed E-state index contributed by atoms with van der Waals surface area (Å²) in [5.41, 5.74) is 4.45. The Bertz CT molecular complexity index is 1630. The average molecular weight is 545 g/mol. The number of nitrogens with zero attached hydrogens (tertiary/aromatic N) is 7. The maximum Gasteiger partial charge on any atom is 0.387 e. The van der Waals surface area contributed by atoms with Crippen molar-refractivity contribution in [3.05, 3.63) is 84.8 Å². The van der Waals surface area contributed by atoms with E-state index in [0.29, 0.717) is 30.1 Å². The van der Waals surface area contributed by atoms with Crippen LogP contribution >= 0.6 is 0 Å². The maximum atomic E-state index is 13.3. The molecular weight excluding hydrogens is 518 g/mol. The molecule has 0 aliphatic carbocycles. The third-order valence-electron chi connectivity index (χ3n) is 7.09. The summed E-state index contributed by atoms with van der Waals surface area (Å²) >= 11 is 0. The Kier molecular flexibility index (Phi) is 6.81. The predicted molar refractivity (Wildman–Crippen MR) is 144 cm³/mol. The van der Waals surface area contributed by atoms with Crippen molar-refractivity contribution in [2.75, 3.05) is 18.4 Å². The van der Waals surface area contributed by atoms with Crippen LogP contribution in [0.15, 0.2) is 73.7 Å². The molecule has 10 nitrogen and oxygen atoms in total. The van der Waals surface area contributed by atoms with E-state index >= 15 is 0 Å². The third-order valence-corrected chi connectivity index (χ3v) is 7.09. The van der Waals surface area contributed by atoms with Crippen LogP contribution in [-0.2, 0) is 0 Å². The molecule has 204 valence electrons. The van der Waals surface area contributed by atoms with E-state index in [-0.39, 0.29) is 17.7 Å². The summed E-state index contributed by atoms with van der Waals surface area (Å²) in [7, 11) is 0. The van der Waals surface area contributed by atoms with Crippen molar-refractivity contribution >= 4 is 23.1 Å². The second-order valence-corrected chi connectivity index (χ2v) is 9.57. The lowest BCUT2D eigenvalue weighted by atomic mass is 10.0. The summed E-state index contributed by atoms with van der Waals surface area (Å²) in [6.45, 7) is 0.377. The standard InChI is InChI=1S/C28H26F2N8O2/c1-18-14-20(4-7-23(18)27(39)36-11-8-21(9-12-36)38-17-31-16-34-38)35-25-26-33-15-24(37(26)13-10-32-25)19-2-5-22(6-3-19)40-28(29)30/h2-7,10,13-17,21,28H,8-9,11-12H2,1H3,(H,32,35). The second-order valence-electron chi connectivity index (χ2n) is 9.57. The van der Waals surface area contributed by atoms with Crippen molar-refractivity contribution in [2.24, 2.45) is 0 Å². The van der Waals surface area contributed by atoms with Crippen molar-refractivity contribution in [1.82, 2.24) is 34.0 Å². The van der Waals surface area contributed by atoms with Gasteiger partial charge in [0.15, 0.2) is 11.5 Å². The van der Waals surface area contributed by atoms with Crippen LogP contribution in [0, 0.1) is 6.92 Å². The Morgan fingerprint density at radius 2 is 1.90 bits per heavy atom. The van der Waals surface area contributed by atoms with Gasteiger partial charge in [-0.3, -0.25) is 9.20 Å². The van der Waals surface area contributed by atoms with Crippen LogP contribution in [-0.4, -0.2) is 59.6 Å². The van der Waals surface area contributed by atoms with Gasteiger partial charge in [-0.1, -0.05) is 0 Å². The van der Waals surface area contributed by atoms with Crippen molar-refractivity contribution in [3.8, 4) is 17.0 Å². The normalized spacial score (nSPS) is 14.2. The molecule has 0 radical (unpaired) electrons. The zero-order valence-corrected chi connectivity index (χ0v) is 21.6. The number of carbonyl (C=O) groups is 1. The Labute approximate surface area is 228 Å². The zero-order valence-electron chi connectivity index (χ0n) is 21.6. The van der Waals surface area contributed by atoms with Crippen molar-refractivity contribution < 1.29 is 18.3 Å². The molecule has 2 aromatic carbocycles. The number of anilines is 2. The van der Waals surface area contributed by atoms with Gasteiger partial charge < -0.3 is 15.0 Å². The predicted octanol–water partition coefficient (Wildman–Crippen LogP) is 5.12. The number of rotatable bonds is 7. The van der Waals surface area contributed by atoms with Crippen LogP contribution in [0.5, 0.6) is 5.75 Å². The molecule has 1 amide bonds. The molecule has 12 heteroatoms. The molecule has 0 saturated carbocycles. The van der Waals surface area contributed by atoms with Gasteiger partial charge >= 0.3 is 6.61 Å². The van der Waals surface area contributed by atoms with Gasteiger partial charge in [-0.25, -0.2) is 19.6 Å². The largest absolute Gasteiger partial charge is 0.435 e. The highest BCUT2D eigenvalue weighted by molar-refractivity contribution is 5.96. The first-order chi connectivity index (χ1) is 19.5.